The molecule has 2 heteroatoms. The molecule has 1 saturated carbocycles. The maximum atomic E-state index is 10.7. The quantitative estimate of drug-likeness (QED) is 0.708. The lowest BCUT2D eigenvalue weighted by atomic mass is 9.63. The molecule has 1 rings (SSSR count). The third-order valence-electron chi connectivity index (χ3n) is 3.58. The van der Waals surface area contributed by atoms with Gasteiger partial charge in [-0.05, 0) is 44.8 Å². The van der Waals surface area contributed by atoms with Gasteiger partial charge in [-0.2, -0.15) is 0 Å². The summed E-state index contributed by atoms with van der Waals surface area (Å²) in [4.78, 5) is 0. The van der Waals surface area contributed by atoms with Gasteiger partial charge in [-0.15, -0.1) is 0 Å². The molecule has 0 aromatic carbocycles. The fraction of sp³-hybridized carbons (Fsp3) is 0.714. The van der Waals surface area contributed by atoms with Gasteiger partial charge >= 0.3 is 0 Å². The molecular formula is C14H24O2. The van der Waals surface area contributed by atoms with Gasteiger partial charge in [0.05, 0.1) is 5.60 Å². The minimum absolute atomic E-state index is 0.218. The van der Waals surface area contributed by atoms with Gasteiger partial charge in [0.25, 0.3) is 0 Å². The first-order valence-electron chi connectivity index (χ1n) is 5.92. The van der Waals surface area contributed by atoms with Crippen molar-refractivity contribution in [3.05, 3.63) is 24.3 Å². The van der Waals surface area contributed by atoms with E-state index < -0.39 is 11.2 Å². The summed E-state index contributed by atoms with van der Waals surface area (Å²) < 4.78 is 0. The van der Waals surface area contributed by atoms with Crippen LogP contribution in [0.1, 0.15) is 47.0 Å². The molecular weight excluding hydrogens is 200 g/mol. The average molecular weight is 224 g/mol. The van der Waals surface area contributed by atoms with Crippen LogP contribution in [0.3, 0.4) is 0 Å². The van der Waals surface area contributed by atoms with Crippen molar-refractivity contribution < 1.29 is 10.2 Å². The molecule has 2 nitrogen and oxygen atoms in total. The predicted molar refractivity (Wildman–Crippen MR) is 67.2 cm³/mol. The summed E-state index contributed by atoms with van der Waals surface area (Å²) in [6.07, 6.45) is 6.28. The van der Waals surface area contributed by atoms with Crippen LogP contribution >= 0.6 is 0 Å². The van der Waals surface area contributed by atoms with Gasteiger partial charge in [-0.25, -0.2) is 0 Å². The van der Waals surface area contributed by atoms with Gasteiger partial charge in [-0.3, -0.25) is 0 Å². The Hall–Kier alpha value is -0.600. The minimum Gasteiger partial charge on any atom is -0.386 e. The fourth-order valence-corrected chi connectivity index (χ4v) is 2.27. The second-order valence-electron chi connectivity index (χ2n) is 6.09. The zero-order valence-corrected chi connectivity index (χ0v) is 10.9. The summed E-state index contributed by atoms with van der Waals surface area (Å²) in [5.74, 6) is 0. The largest absolute Gasteiger partial charge is 0.386 e. The summed E-state index contributed by atoms with van der Waals surface area (Å²) >= 11 is 0. The highest BCUT2D eigenvalue weighted by Crippen LogP contribution is 2.47. The average Bonchev–Trinajstić information content (AvgIpc) is 2.10. The van der Waals surface area contributed by atoms with E-state index in [-0.39, 0.29) is 5.41 Å². The molecule has 0 amide bonds. The third kappa shape index (κ3) is 2.55. The number of hydrogen-bond acceptors (Lipinski definition) is 2. The zero-order chi connectivity index (χ0) is 12.6. The van der Waals surface area contributed by atoms with Crippen LogP contribution in [0.5, 0.6) is 0 Å². The Labute approximate surface area is 98.7 Å². The molecule has 1 aliphatic carbocycles. The zero-order valence-electron chi connectivity index (χ0n) is 10.9. The molecule has 1 atom stereocenters. The van der Waals surface area contributed by atoms with Crippen molar-refractivity contribution in [2.75, 3.05) is 0 Å². The Balaban J connectivity index is 3.03. The van der Waals surface area contributed by atoms with Gasteiger partial charge in [-0.1, -0.05) is 26.5 Å². The predicted octanol–water partition coefficient (Wildman–Crippen LogP) is 2.81. The van der Waals surface area contributed by atoms with Crippen molar-refractivity contribution in [2.24, 2.45) is 5.41 Å². The molecule has 1 fully saturated rings. The van der Waals surface area contributed by atoms with Crippen molar-refractivity contribution in [1.82, 2.24) is 0 Å². The topological polar surface area (TPSA) is 40.5 Å². The molecule has 0 bridgehead atoms. The van der Waals surface area contributed by atoms with E-state index in [0.29, 0.717) is 0 Å². The maximum absolute atomic E-state index is 10.7. The van der Waals surface area contributed by atoms with Crippen LogP contribution in [0.15, 0.2) is 24.3 Å². The lowest BCUT2D eigenvalue weighted by Crippen LogP contribution is -2.47. The molecule has 2 N–H and O–H groups in total. The Morgan fingerprint density at radius 2 is 1.94 bits per heavy atom. The van der Waals surface area contributed by atoms with E-state index >= 15 is 0 Å². The summed E-state index contributed by atoms with van der Waals surface area (Å²) in [5, 5.41) is 20.4. The molecule has 0 aromatic rings. The second kappa shape index (κ2) is 4.01. The highest BCUT2D eigenvalue weighted by atomic mass is 16.3. The first-order valence-corrected chi connectivity index (χ1v) is 5.92. The Bertz CT molecular complexity index is 307. The Morgan fingerprint density at radius 1 is 1.38 bits per heavy atom. The third-order valence-corrected chi connectivity index (χ3v) is 3.58. The molecule has 0 spiro atoms. The van der Waals surface area contributed by atoms with Crippen molar-refractivity contribution in [3.63, 3.8) is 0 Å². The summed E-state index contributed by atoms with van der Waals surface area (Å²) in [5.41, 5.74) is -1.26. The molecule has 0 heterocycles. The molecule has 0 radical (unpaired) electrons. The molecule has 16 heavy (non-hydrogen) atoms. The van der Waals surface area contributed by atoms with Crippen LogP contribution in [-0.2, 0) is 0 Å². The SMILES string of the molecule is C=C1CCCC(C)(C)C1(O)/C=C/C(C)(C)O. The van der Waals surface area contributed by atoms with E-state index in [4.69, 9.17) is 0 Å². The van der Waals surface area contributed by atoms with Crippen molar-refractivity contribution in [2.45, 2.75) is 58.2 Å². The first kappa shape index (κ1) is 13.5. The van der Waals surface area contributed by atoms with Crippen LogP contribution in [0.4, 0.5) is 0 Å². The Kier molecular flexibility index (Phi) is 3.37. The number of rotatable bonds is 2. The van der Waals surface area contributed by atoms with E-state index in [1.807, 2.05) is 13.8 Å². The normalized spacial score (nSPS) is 31.0. The molecule has 0 aliphatic heterocycles. The highest BCUT2D eigenvalue weighted by Gasteiger charge is 2.45. The van der Waals surface area contributed by atoms with E-state index in [9.17, 15) is 10.2 Å². The van der Waals surface area contributed by atoms with E-state index in [1.165, 1.54) is 0 Å². The van der Waals surface area contributed by atoms with Crippen molar-refractivity contribution in [1.29, 1.82) is 0 Å². The number of aliphatic hydroxyl groups is 2. The number of hydrogen-bond donors (Lipinski definition) is 2. The molecule has 0 saturated heterocycles. The lowest BCUT2D eigenvalue weighted by molar-refractivity contribution is -0.0163. The maximum Gasteiger partial charge on any atom is 0.109 e. The van der Waals surface area contributed by atoms with Crippen LogP contribution in [0.25, 0.3) is 0 Å². The summed E-state index contributed by atoms with van der Waals surface area (Å²) in [6, 6.07) is 0. The lowest BCUT2D eigenvalue weighted by Gasteiger charge is -2.46. The van der Waals surface area contributed by atoms with Gasteiger partial charge < -0.3 is 10.2 Å². The summed E-state index contributed by atoms with van der Waals surface area (Å²) in [7, 11) is 0. The van der Waals surface area contributed by atoms with Gasteiger partial charge in [0.2, 0.25) is 0 Å². The van der Waals surface area contributed by atoms with E-state index in [0.717, 1.165) is 24.8 Å². The van der Waals surface area contributed by atoms with E-state index in [1.54, 1.807) is 26.0 Å². The van der Waals surface area contributed by atoms with Gasteiger partial charge in [0, 0.05) is 5.41 Å². The van der Waals surface area contributed by atoms with Crippen LogP contribution in [0.2, 0.25) is 0 Å². The van der Waals surface area contributed by atoms with E-state index in [2.05, 4.69) is 6.58 Å². The van der Waals surface area contributed by atoms with Crippen molar-refractivity contribution in [3.8, 4) is 0 Å². The molecule has 1 unspecified atom stereocenters. The Morgan fingerprint density at radius 3 is 2.38 bits per heavy atom. The highest BCUT2D eigenvalue weighted by molar-refractivity contribution is 5.30. The molecule has 92 valence electrons. The molecule has 0 aromatic heterocycles. The first-order chi connectivity index (χ1) is 7.08. The monoisotopic (exact) mass is 224 g/mol. The molecule has 1 aliphatic rings. The fourth-order valence-electron chi connectivity index (χ4n) is 2.27. The van der Waals surface area contributed by atoms with Crippen LogP contribution in [0, 0.1) is 5.41 Å². The second-order valence-corrected chi connectivity index (χ2v) is 6.09. The minimum atomic E-state index is -0.995. The van der Waals surface area contributed by atoms with Gasteiger partial charge in [0.15, 0.2) is 0 Å². The van der Waals surface area contributed by atoms with Crippen molar-refractivity contribution >= 4 is 0 Å². The summed E-state index contributed by atoms with van der Waals surface area (Å²) in [6.45, 7) is 11.5. The smallest absolute Gasteiger partial charge is 0.109 e. The van der Waals surface area contributed by atoms with Crippen LogP contribution < -0.4 is 0 Å². The van der Waals surface area contributed by atoms with Gasteiger partial charge in [0.1, 0.15) is 5.60 Å². The van der Waals surface area contributed by atoms with Crippen LogP contribution in [-0.4, -0.2) is 21.4 Å². The standard InChI is InChI=1S/C14H24O2/c1-11-7-6-8-12(2,3)14(11,16)10-9-13(4,5)15/h9-10,15-16H,1,6-8H2,2-5H3/b10-9+.